The van der Waals surface area contributed by atoms with E-state index in [0.29, 0.717) is 16.5 Å². The number of hydrogen-bond donors (Lipinski definition) is 0. The van der Waals surface area contributed by atoms with E-state index >= 15 is 0 Å². The Bertz CT molecular complexity index is 719. The van der Waals surface area contributed by atoms with Crippen LogP contribution in [0.15, 0.2) is 23.1 Å². The van der Waals surface area contributed by atoms with Crippen LogP contribution in [0.5, 0.6) is 0 Å². The number of benzene rings is 1. The summed E-state index contributed by atoms with van der Waals surface area (Å²) in [6.07, 6.45) is 1.37. The van der Waals surface area contributed by atoms with Crippen molar-refractivity contribution in [2.24, 2.45) is 7.05 Å². The minimum absolute atomic E-state index is 0.0390. The molecule has 0 atom stereocenters. The summed E-state index contributed by atoms with van der Waals surface area (Å²) >= 11 is 0. The molecule has 0 aliphatic rings. The highest BCUT2D eigenvalue weighted by atomic mass is 19.1. The van der Waals surface area contributed by atoms with Gasteiger partial charge in [0.2, 0.25) is 5.43 Å². The Hall–Kier alpha value is -2.17. The number of carbonyl (C=O) groups excluding carboxylic acids is 1. The molecule has 0 aliphatic heterocycles. The summed E-state index contributed by atoms with van der Waals surface area (Å²) in [5, 5.41) is 0.312. The SMILES string of the molecule is CCOC(=O)c1cn(C)c2cc(F)c(C)cc2c1=O. The summed E-state index contributed by atoms with van der Waals surface area (Å²) in [5.74, 6) is -1.04. The van der Waals surface area contributed by atoms with E-state index in [1.807, 2.05) is 0 Å². The van der Waals surface area contributed by atoms with Crippen molar-refractivity contribution in [2.45, 2.75) is 13.8 Å². The second kappa shape index (κ2) is 4.84. The van der Waals surface area contributed by atoms with Gasteiger partial charge in [0, 0.05) is 18.6 Å². The number of pyridine rings is 1. The Balaban J connectivity index is 2.78. The average Bonchev–Trinajstić information content (AvgIpc) is 2.36. The van der Waals surface area contributed by atoms with Crippen LogP contribution in [0.3, 0.4) is 0 Å². The fourth-order valence-electron chi connectivity index (χ4n) is 1.97. The predicted molar refractivity (Wildman–Crippen MR) is 69.8 cm³/mol. The van der Waals surface area contributed by atoms with Crippen LogP contribution >= 0.6 is 0 Å². The van der Waals surface area contributed by atoms with E-state index in [9.17, 15) is 14.0 Å². The average molecular weight is 263 g/mol. The highest BCUT2D eigenvalue weighted by Gasteiger charge is 2.16. The number of aryl methyl sites for hydroxylation is 2. The molecule has 0 aliphatic carbocycles. The van der Waals surface area contributed by atoms with Crippen LogP contribution < -0.4 is 5.43 Å². The van der Waals surface area contributed by atoms with Crippen LogP contribution in [0.25, 0.3) is 10.9 Å². The van der Waals surface area contributed by atoms with E-state index in [0.717, 1.165) is 0 Å². The van der Waals surface area contributed by atoms with Gasteiger partial charge in [-0.05, 0) is 31.5 Å². The van der Waals surface area contributed by atoms with Gasteiger partial charge in [0.05, 0.1) is 12.1 Å². The molecule has 19 heavy (non-hydrogen) atoms. The zero-order chi connectivity index (χ0) is 14.2. The lowest BCUT2D eigenvalue weighted by molar-refractivity contribution is 0.0524. The van der Waals surface area contributed by atoms with Crippen molar-refractivity contribution in [3.05, 3.63) is 45.5 Å². The van der Waals surface area contributed by atoms with Gasteiger partial charge in [-0.3, -0.25) is 4.79 Å². The quantitative estimate of drug-likeness (QED) is 0.780. The Morgan fingerprint density at radius 3 is 2.74 bits per heavy atom. The second-order valence-electron chi connectivity index (χ2n) is 4.32. The highest BCUT2D eigenvalue weighted by Crippen LogP contribution is 2.16. The van der Waals surface area contributed by atoms with Crippen LogP contribution in [0, 0.1) is 12.7 Å². The minimum Gasteiger partial charge on any atom is -0.462 e. The van der Waals surface area contributed by atoms with Gasteiger partial charge in [0.15, 0.2) is 0 Å². The summed E-state index contributed by atoms with van der Waals surface area (Å²) in [5.41, 5.74) is 0.337. The maximum Gasteiger partial charge on any atom is 0.343 e. The van der Waals surface area contributed by atoms with Gasteiger partial charge in [-0.2, -0.15) is 0 Å². The maximum atomic E-state index is 13.5. The molecule has 1 aromatic heterocycles. The summed E-state index contributed by atoms with van der Waals surface area (Å²) in [4.78, 5) is 23.9. The topological polar surface area (TPSA) is 48.3 Å². The number of nitrogens with zero attached hydrogens (tertiary/aromatic N) is 1. The van der Waals surface area contributed by atoms with Crippen molar-refractivity contribution in [1.82, 2.24) is 4.57 Å². The smallest absolute Gasteiger partial charge is 0.343 e. The third-order valence-electron chi connectivity index (χ3n) is 2.96. The molecule has 2 rings (SSSR count). The number of hydrogen-bond acceptors (Lipinski definition) is 3. The number of carbonyl (C=O) groups is 1. The molecule has 0 radical (unpaired) electrons. The van der Waals surface area contributed by atoms with Crippen LogP contribution in [0.2, 0.25) is 0 Å². The lowest BCUT2D eigenvalue weighted by Crippen LogP contribution is -2.20. The summed E-state index contributed by atoms with van der Waals surface area (Å²) in [7, 11) is 1.65. The summed E-state index contributed by atoms with van der Waals surface area (Å²) in [6.45, 7) is 3.44. The first-order chi connectivity index (χ1) is 8.95. The van der Waals surface area contributed by atoms with Gasteiger partial charge < -0.3 is 9.30 Å². The van der Waals surface area contributed by atoms with Crippen LogP contribution in [0.4, 0.5) is 4.39 Å². The van der Waals surface area contributed by atoms with Crippen molar-refractivity contribution in [3.8, 4) is 0 Å². The summed E-state index contributed by atoms with van der Waals surface area (Å²) in [6, 6.07) is 2.75. The molecule has 1 aromatic carbocycles. The van der Waals surface area contributed by atoms with E-state index in [1.165, 1.54) is 18.3 Å². The molecule has 2 aromatic rings. The molecule has 100 valence electrons. The molecular weight excluding hydrogens is 249 g/mol. The molecule has 0 unspecified atom stereocenters. The van der Waals surface area contributed by atoms with Gasteiger partial charge >= 0.3 is 5.97 Å². The molecule has 0 amide bonds. The Labute approximate surface area is 109 Å². The van der Waals surface area contributed by atoms with Crippen LogP contribution in [-0.2, 0) is 11.8 Å². The molecule has 0 saturated carbocycles. The highest BCUT2D eigenvalue weighted by molar-refractivity contribution is 5.93. The van der Waals surface area contributed by atoms with E-state index in [1.54, 1.807) is 25.5 Å². The molecule has 5 heteroatoms. The molecule has 0 bridgehead atoms. The van der Waals surface area contributed by atoms with Gasteiger partial charge in [-0.15, -0.1) is 0 Å². The number of ether oxygens (including phenoxy) is 1. The lowest BCUT2D eigenvalue weighted by Gasteiger charge is -2.09. The fraction of sp³-hybridized carbons (Fsp3) is 0.286. The maximum absolute atomic E-state index is 13.5. The Morgan fingerprint density at radius 2 is 2.11 bits per heavy atom. The van der Waals surface area contributed by atoms with Crippen molar-refractivity contribution < 1.29 is 13.9 Å². The van der Waals surface area contributed by atoms with Gasteiger partial charge in [-0.1, -0.05) is 0 Å². The summed E-state index contributed by atoms with van der Waals surface area (Å²) < 4.78 is 19.9. The zero-order valence-corrected chi connectivity index (χ0v) is 11.0. The molecule has 0 fully saturated rings. The van der Waals surface area contributed by atoms with E-state index in [-0.39, 0.29) is 18.0 Å². The van der Waals surface area contributed by atoms with Crippen molar-refractivity contribution in [3.63, 3.8) is 0 Å². The van der Waals surface area contributed by atoms with Gasteiger partial charge in [0.1, 0.15) is 11.4 Å². The first-order valence-electron chi connectivity index (χ1n) is 5.92. The first-order valence-corrected chi connectivity index (χ1v) is 5.92. The number of aromatic nitrogens is 1. The van der Waals surface area contributed by atoms with Crippen molar-refractivity contribution in [2.75, 3.05) is 6.61 Å². The minimum atomic E-state index is -0.660. The monoisotopic (exact) mass is 263 g/mol. The van der Waals surface area contributed by atoms with E-state index < -0.39 is 11.4 Å². The molecule has 0 N–H and O–H groups in total. The van der Waals surface area contributed by atoms with E-state index in [4.69, 9.17) is 4.74 Å². The normalized spacial score (nSPS) is 10.7. The van der Waals surface area contributed by atoms with Crippen LogP contribution in [-0.4, -0.2) is 17.1 Å². The number of halogens is 1. The van der Waals surface area contributed by atoms with Gasteiger partial charge in [-0.25, -0.2) is 9.18 Å². The van der Waals surface area contributed by atoms with Crippen molar-refractivity contribution in [1.29, 1.82) is 0 Å². The molecule has 4 nitrogen and oxygen atoms in total. The van der Waals surface area contributed by atoms with E-state index in [2.05, 4.69) is 0 Å². The lowest BCUT2D eigenvalue weighted by atomic mass is 10.1. The first kappa shape index (κ1) is 13.3. The second-order valence-corrected chi connectivity index (χ2v) is 4.32. The number of esters is 1. The molecule has 0 spiro atoms. The third kappa shape index (κ3) is 2.23. The number of rotatable bonds is 2. The Morgan fingerprint density at radius 1 is 1.42 bits per heavy atom. The van der Waals surface area contributed by atoms with Gasteiger partial charge in [0.25, 0.3) is 0 Å². The van der Waals surface area contributed by atoms with Crippen molar-refractivity contribution >= 4 is 16.9 Å². The third-order valence-corrected chi connectivity index (χ3v) is 2.96. The molecular formula is C14H14FNO3. The molecule has 1 heterocycles. The predicted octanol–water partition coefficient (Wildman–Crippen LogP) is 2.16. The fourth-order valence-corrected chi connectivity index (χ4v) is 1.97. The largest absolute Gasteiger partial charge is 0.462 e. The zero-order valence-electron chi connectivity index (χ0n) is 11.0. The Kier molecular flexibility index (Phi) is 3.38. The molecule has 0 saturated heterocycles. The standard InChI is InChI=1S/C14H14FNO3/c1-4-19-14(18)10-7-16(3)12-6-11(15)8(2)5-9(12)13(10)17/h5-7H,4H2,1-3H3. The number of fused-ring (bicyclic) bond motifs is 1. The van der Waals surface area contributed by atoms with Crippen LogP contribution in [0.1, 0.15) is 22.8 Å².